The lowest BCUT2D eigenvalue weighted by Gasteiger charge is -2.26. The number of anilines is 2. The molecule has 1 saturated heterocycles. The van der Waals surface area contributed by atoms with Crippen molar-refractivity contribution in [2.24, 2.45) is 7.05 Å². The summed E-state index contributed by atoms with van der Waals surface area (Å²) >= 11 is 0. The third-order valence-corrected chi connectivity index (χ3v) is 5.45. The molecule has 1 aliphatic rings. The predicted octanol–water partition coefficient (Wildman–Crippen LogP) is 3.26. The minimum absolute atomic E-state index is 0.0878. The molecule has 0 amide bonds. The van der Waals surface area contributed by atoms with Gasteiger partial charge in [-0.1, -0.05) is 0 Å². The van der Waals surface area contributed by atoms with E-state index in [1.165, 1.54) is 6.07 Å². The summed E-state index contributed by atoms with van der Waals surface area (Å²) in [6.07, 6.45) is 6.65. The topological polar surface area (TPSA) is 98.9 Å². The summed E-state index contributed by atoms with van der Waals surface area (Å²) < 4.78 is 36.2. The van der Waals surface area contributed by atoms with Gasteiger partial charge in [-0.25, -0.2) is 13.8 Å². The zero-order valence-electron chi connectivity index (χ0n) is 17.8. The Morgan fingerprint density at radius 3 is 2.82 bits per heavy atom. The number of nitrogens with zero attached hydrogens (tertiary/aromatic N) is 5. The minimum atomic E-state index is -0.896. The van der Waals surface area contributed by atoms with E-state index in [-0.39, 0.29) is 17.5 Å². The molecule has 4 aromatic rings. The van der Waals surface area contributed by atoms with Crippen molar-refractivity contribution in [2.75, 3.05) is 18.4 Å². The number of hydrogen-bond donors (Lipinski definition) is 2. The second-order valence-corrected chi connectivity index (χ2v) is 7.86. The lowest BCUT2D eigenvalue weighted by atomic mass is 10.1. The molecular weight excluding hydrogens is 432 g/mol. The van der Waals surface area contributed by atoms with E-state index in [0.717, 1.165) is 31.5 Å². The van der Waals surface area contributed by atoms with Gasteiger partial charge in [-0.2, -0.15) is 10.1 Å². The van der Waals surface area contributed by atoms with Crippen molar-refractivity contribution in [1.82, 2.24) is 29.6 Å². The summed E-state index contributed by atoms with van der Waals surface area (Å²) in [5.74, 6) is -1.64. The highest BCUT2D eigenvalue weighted by Crippen LogP contribution is 2.28. The van der Waals surface area contributed by atoms with Gasteiger partial charge in [-0.15, -0.1) is 0 Å². The molecule has 0 aliphatic carbocycles. The molecule has 5 rings (SSSR count). The first kappa shape index (κ1) is 21.0. The molecule has 2 N–H and O–H groups in total. The zero-order valence-corrected chi connectivity index (χ0v) is 17.8. The number of benzene rings is 1. The van der Waals surface area contributed by atoms with Crippen LogP contribution >= 0.6 is 0 Å². The van der Waals surface area contributed by atoms with Gasteiger partial charge in [0.05, 0.1) is 17.9 Å². The van der Waals surface area contributed by atoms with Crippen LogP contribution in [0.5, 0.6) is 11.5 Å². The van der Waals surface area contributed by atoms with Crippen molar-refractivity contribution in [1.29, 1.82) is 0 Å². The van der Waals surface area contributed by atoms with Gasteiger partial charge in [0, 0.05) is 37.4 Å². The Kier molecular flexibility index (Phi) is 5.47. The number of halogens is 2. The highest BCUT2D eigenvalue weighted by Gasteiger charge is 2.23. The molecule has 1 atom stereocenters. The van der Waals surface area contributed by atoms with Gasteiger partial charge < -0.3 is 15.4 Å². The van der Waals surface area contributed by atoms with E-state index in [2.05, 4.69) is 25.7 Å². The quantitative estimate of drug-likeness (QED) is 0.479. The number of piperidine rings is 1. The van der Waals surface area contributed by atoms with Crippen LogP contribution in [0.15, 0.2) is 47.7 Å². The van der Waals surface area contributed by atoms with Crippen molar-refractivity contribution in [3.63, 3.8) is 0 Å². The molecule has 4 heterocycles. The number of ether oxygens (including phenoxy) is 1. The van der Waals surface area contributed by atoms with Crippen LogP contribution in [-0.2, 0) is 7.05 Å². The molecule has 1 fully saturated rings. The van der Waals surface area contributed by atoms with E-state index in [0.29, 0.717) is 35.3 Å². The first-order valence-electron chi connectivity index (χ1n) is 10.5. The number of aryl methyl sites for hydroxylation is 1. The number of rotatable bonds is 5. The molecular formula is C22H21F2N7O2. The first-order chi connectivity index (χ1) is 16.0. The van der Waals surface area contributed by atoms with Crippen LogP contribution in [0.4, 0.5) is 20.4 Å². The lowest BCUT2D eigenvalue weighted by Crippen LogP contribution is -2.37. The smallest absolute Gasteiger partial charge is 0.295 e. The van der Waals surface area contributed by atoms with Crippen molar-refractivity contribution < 1.29 is 13.5 Å². The molecule has 11 heteroatoms. The SMILES string of the molecule is Cn1cc(Nc2ncc3cc(Oc4ccc(F)cc4F)c(=O)n(C4CCCNC4)c3n2)cn1. The molecule has 0 saturated carbocycles. The fraction of sp³-hybridized carbons (Fsp3) is 0.273. The monoisotopic (exact) mass is 453 g/mol. The van der Waals surface area contributed by atoms with Crippen LogP contribution in [0.1, 0.15) is 18.9 Å². The largest absolute Gasteiger partial charge is 0.448 e. The highest BCUT2D eigenvalue weighted by molar-refractivity contribution is 5.77. The van der Waals surface area contributed by atoms with E-state index >= 15 is 0 Å². The summed E-state index contributed by atoms with van der Waals surface area (Å²) in [7, 11) is 1.80. The number of nitrogens with one attached hydrogen (secondary N) is 2. The van der Waals surface area contributed by atoms with Crippen LogP contribution < -0.4 is 20.9 Å². The maximum atomic E-state index is 14.2. The number of pyridine rings is 1. The van der Waals surface area contributed by atoms with Gasteiger partial charge >= 0.3 is 0 Å². The summed E-state index contributed by atoms with van der Waals surface area (Å²) in [6.45, 7) is 1.45. The Hall–Kier alpha value is -3.86. The van der Waals surface area contributed by atoms with E-state index in [1.54, 1.807) is 34.9 Å². The van der Waals surface area contributed by atoms with E-state index < -0.39 is 17.2 Å². The Balaban J connectivity index is 1.61. The number of hydrogen-bond acceptors (Lipinski definition) is 7. The average molecular weight is 453 g/mol. The van der Waals surface area contributed by atoms with Gasteiger partial charge in [0.2, 0.25) is 5.95 Å². The Morgan fingerprint density at radius 2 is 2.09 bits per heavy atom. The van der Waals surface area contributed by atoms with E-state index in [1.807, 2.05) is 0 Å². The summed E-state index contributed by atoms with van der Waals surface area (Å²) in [5.41, 5.74) is 0.685. The van der Waals surface area contributed by atoms with Gasteiger partial charge in [-0.05, 0) is 37.6 Å². The Labute approximate surface area is 187 Å². The fourth-order valence-electron chi connectivity index (χ4n) is 3.91. The van der Waals surface area contributed by atoms with E-state index in [9.17, 15) is 13.6 Å². The van der Waals surface area contributed by atoms with E-state index in [4.69, 9.17) is 4.74 Å². The Bertz CT molecular complexity index is 1380. The predicted molar refractivity (Wildman–Crippen MR) is 118 cm³/mol. The van der Waals surface area contributed by atoms with Crippen LogP contribution in [0.25, 0.3) is 11.0 Å². The lowest BCUT2D eigenvalue weighted by molar-refractivity contribution is 0.361. The van der Waals surface area contributed by atoms with Crippen LogP contribution in [-0.4, -0.2) is 37.4 Å². The van der Waals surface area contributed by atoms with Crippen molar-refractivity contribution >= 4 is 22.7 Å². The maximum Gasteiger partial charge on any atom is 0.295 e. The van der Waals surface area contributed by atoms with Gasteiger partial charge in [-0.3, -0.25) is 14.0 Å². The normalized spacial score (nSPS) is 16.2. The molecule has 1 aliphatic heterocycles. The summed E-state index contributed by atoms with van der Waals surface area (Å²) in [5, 5.41) is 11.0. The van der Waals surface area contributed by atoms with Gasteiger partial charge in [0.1, 0.15) is 11.5 Å². The number of aromatic nitrogens is 5. The molecule has 9 nitrogen and oxygen atoms in total. The molecule has 170 valence electrons. The van der Waals surface area contributed by atoms with Crippen LogP contribution in [0.2, 0.25) is 0 Å². The average Bonchev–Trinajstić information content (AvgIpc) is 3.21. The summed E-state index contributed by atoms with van der Waals surface area (Å²) in [6, 6.07) is 4.23. The number of fused-ring (bicyclic) bond motifs is 1. The molecule has 0 radical (unpaired) electrons. The molecule has 3 aromatic heterocycles. The molecule has 1 aromatic carbocycles. The molecule has 1 unspecified atom stereocenters. The van der Waals surface area contributed by atoms with Crippen molar-refractivity contribution in [3.05, 3.63) is 64.8 Å². The second kappa shape index (κ2) is 8.58. The van der Waals surface area contributed by atoms with Crippen molar-refractivity contribution in [2.45, 2.75) is 18.9 Å². The molecule has 0 spiro atoms. The third kappa shape index (κ3) is 4.27. The zero-order chi connectivity index (χ0) is 22.9. The van der Waals surface area contributed by atoms with Crippen LogP contribution in [0.3, 0.4) is 0 Å². The first-order valence-corrected chi connectivity index (χ1v) is 10.5. The minimum Gasteiger partial charge on any atom is -0.448 e. The van der Waals surface area contributed by atoms with Crippen LogP contribution in [0, 0.1) is 11.6 Å². The Morgan fingerprint density at radius 1 is 1.21 bits per heavy atom. The van der Waals surface area contributed by atoms with Gasteiger partial charge in [0.15, 0.2) is 17.3 Å². The highest BCUT2D eigenvalue weighted by atomic mass is 19.1. The second-order valence-electron chi connectivity index (χ2n) is 7.86. The fourth-order valence-corrected chi connectivity index (χ4v) is 3.91. The molecule has 33 heavy (non-hydrogen) atoms. The maximum absolute atomic E-state index is 14.2. The molecule has 0 bridgehead atoms. The standard InChI is InChI=1S/C22H21F2N7O2/c1-30-12-15(10-27-30)28-22-26-9-13-7-19(33-18-5-4-14(23)8-17(18)24)21(32)31(20(13)29-22)16-3-2-6-25-11-16/h4-5,7-10,12,16,25H,2-3,6,11H2,1H3,(H,26,28,29). The van der Waals surface area contributed by atoms with Gasteiger partial charge in [0.25, 0.3) is 5.56 Å². The van der Waals surface area contributed by atoms with Crippen molar-refractivity contribution in [3.8, 4) is 11.5 Å². The summed E-state index contributed by atoms with van der Waals surface area (Å²) in [4.78, 5) is 22.4. The third-order valence-electron chi connectivity index (χ3n) is 5.45.